The molecule has 1 aromatic carbocycles. The van der Waals surface area contributed by atoms with Crippen LogP contribution in [-0.4, -0.2) is 27.9 Å². The highest BCUT2D eigenvalue weighted by Gasteiger charge is 2.17. The molecule has 1 fully saturated rings. The number of ketones is 1. The minimum atomic E-state index is -0.241. The molecule has 0 radical (unpaired) electrons. The van der Waals surface area contributed by atoms with Crippen molar-refractivity contribution in [1.82, 2.24) is 14.9 Å². The van der Waals surface area contributed by atoms with Gasteiger partial charge in [-0.1, -0.05) is 18.0 Å². The minimum absolute atomic E-state index is 0.0378. The van der Waals surface area contributed by atoms with Gasteiger partial charge >= 0.3 is 0 Å². The highest BCUT2D eigenvalue weighted by Crippen LogP contribution is 2.25. The molecular weight excluding hydrogens is 382 g/mol. The topological polar surface area (TPSA) is 64.0 Å². The zero-order chi connectivity index (χ0) is 16.4. The SMILES string of the molecule is O=C(C[C@@H]1CCCCN1)Cn1cnc2cc(Br)c(Cl)cc2c1=O. The number of aromatic nitrogens is 2. The lowest BCUT2D eigenvalue weighted by Gasteiger charge is -2.22. The Hall–Kier alpha value is -1.24. The van der Waals surface area contributed by atoms with Gasteiger partial charge < -0.3 is 5.32 Å². The average Bonchev–Trinajstić information content (AvgIpc) is 2.53. The van der Waals surface area contributed by atoms with Gasteiger partial charge in [0.15, 0.2) is 5.78 Å². The van der Waals surface area contributed by atoms with Crippen molar-refractivity contribution in [2.45, 2.75) is 38.3 Å². The molecule has 0 saturated carbocycles. The predicted octanol–water partition coefficient (Wildman–Crippen LogP) is 2.91. The van der Waals surface area contributed by atoms with Crippen molar-refractivity contribution in [3.63, 3.8) is 0 Å². The zero-order valence-electron chi connectivity index (χ0n) is 12.5. The summed E-state index contributed by atoms with van der Waals surface area (Å²) in [5.74, 6) is 0.0378. The van der Waals surface area contributed by atoms with Crippen molar-refractivity contribution < 1.29 is 4.79 Å². The molecule has 1 aliphatic heterocycles. The Morgan fingerprint density at radius 3 is 3.00 bits per heavy atom. The van der Waals surface area contributed by atoms with Crippen LogP contribution in [0.5, 0.6) is 0 Å². The van der Waals surface area contributed by atoms with Gasteiger partial charge in [-0.3, -0.25) is 14.2 Å². The maximum absolute atomic E-state index is 12.5. The summed E-state index contributed by atoms with van der Waals surface area (Å²) >= 11 is 9.36. The van der Waals surface area contributed by atoms with Crippen molar-refractivity contribution in [3.8, 4) is 0 Å². The number of halogens is 2. The lowest BCUT2D eigenvalue weighted by atomic mass is 10.00. The van der Waals surface area contributed by atoms with Crippen LogP contribution in [0.2, 0.25) is 5.02 Å². The molecule has 23 heavy (non-hydrogen) atoms. The third-order valence-corrected chi connectivity index (χ3v) is 5.30. The predicted molar refractivity (Wildman–Crippen MR) is 94.0 cm³/mol. The van der Waals surface area contributed by atoms with E-state index in [0.717, 1.165) is 25.8 Å². The number of Topliss-reactive ketones (excluding diaryl/α,β-unsaturated/α-hetero) is 1. The van der Waals surface area contributed by atoms with Crippen molar-refractivity contribution >= 4 is 44.2 Å². The monoisotopic (exact) mass is 397 g/mol. The van der Waals surface area contributed by atoms with E-state index in [1.165, 1.54) is 10.9 Å². The van der Waals surface area contributed by atoms with Crippen molar-refractivity contribution in [2.75, 3.05) is 6.54 Å². The molecule has 0 unspecified atom stereocenters. The molecular formula is C16H17BrClN3O2. The van der Waals surface area contributed by atoms with Crippen LogP contribution < -0.4 is 10.9 Å². The van der Waals surface area contributed by atoms with E-state index in [1.54, 1.807) is 12.1 Å². The van der Waals surface area contributed by atoms with E-state index in [4.69, 9.17) is 11.6 Å². The highest BCUT2D eigenvalue weighted by molar-refractivity contribution is 9.10. The van der Waals surface area contributed by atoms with Crippen LogP contribution in [-0.2, 0) is 11.3 Å². The van der Waals surface area contributed by atoms with E-state index in [-0.39, 0.29) is 23.9 Å². The normalized spacial score (nSPS) is 18.3. The van der Waals surface area contributed by atoms with E-state index in [2.05, 4.69) is 26.2 Å². The van der Waals surface area contributed by atoms with Crippen LogP contribution in [0.15, 0.2) is 27.7 Å². The molecule has 1 atom stereocenters. The lowest BCUT2D eigenvalue weighted by Crippen LogP contribution is -2.37. The first-order valence-corrected chi connectivity index (χ1v) is 8.81. The Kier molecular flexibility index (Phi) is 5.14. The van der Waals surface area contributed by atoms with Crippen LogP contribution in [0.1, 0.15) is 25.7 Å². The first kappa shape index (κ1) is 16.6. The second kappa shape index (κ2) is 7.11. The quantitative estimate of drug-likeness (QED) is 0.860. The first-order valence-electron chi connectivity index (χ1n) is 7.64. The number of hydrogen-bond acceptors (Lipinski definition) is 4. The summed E-state index contributed by atoms with van der Waals surface area (Å²) in [5.41, 5.74) is 0.318. The molecule has 5 nitrogen and oxygen atoms in total. The summed E-state index contributed by atoms with van der Waals surface area (Å²) < 4.78 is 2.05. The maximum atomic E-state index is 12.5. The molecule has 0 amide bonds. The molecule has 1 saturated heterocycles. The minimum Gasteiger partial charge on any atom is -0.314 e. The van der Waals surface area contributed by atoms with E-state index in [1.807, 2.05) is 0 Å². The van der Waals surface area contributed by atoms with Gasteiger partial charge in [0.05, 0.1) is 28.8 Å². The molecule has 2 aromatic rings. The van der Waals surface area contributed by atoms with Crippen molar-refractivity contribution in [3.05, 3.63) is 38.3 Å². The Labute approximate surface area is 147 Å². The fourth-order valence-electron chi connectivity index (χ4n) is 2.89. The van der Waals surface area contributed by atoms with E-state index < -0.39 is 0 Å². The van der Waals surface area contributed by atoms with Gasteiger partial charge in [-0.15, -0.1) is 0 Å². The van der Waals surface area contributed by atoms with Gasteiger partial charge in [-0.2, -0.15) is 0 Å². The summed E-state index contributed by atoms with van der Waals surface area (Å²) in [5, 5.41) is 4.22. The number of carbonyl (C=O) groups is 1. The fourth-order valence-corrected chi connectivity index (χ4v) is 3.39. The number of rotatable bonds is 4. The molecule has 1 aromatic heterocycles. The largest absolute Gasteiger partial charge is 0.314 e. The Morgan fingerprint density at radius 1 is 1.43 bits per heavy atom. The van der Waals surface area contributed by atoms with Crippen molar-refractivity contribution in [2.24, 2.45) is 0 Å². The first-order chi connectivity index (χ1) is 11.0. The van der Waals surface area contributed by atoms with Crippen molar-refractivity contribution in [1.29, 1.82) is 0 Å². The van der Waals surface area contributed by atoms with Gasteiger partial charge in [-0.05, 0) is 47.4 Å². The molecule has 122 valence electrons. The standard InChI is InChI=1S/C16H17BrClN3O2/c17-13-7-15-12(6-14(13)18)16(23)21(9-20-15)8-11(22)5-10-3-1-2-4-19-10/h6-7,9-10,19H,1-5,8H2/t10-/m0/s1. The molecule has 2 heterocycles. The third kappa shape index (κ3) is 3.82. The summed E-state index contributed by atoms with van der Waals surface area (Å²) in [6, 6.07) is 3.52. The van der Waals surface area contributed by atoms with E-state index >= 15 is 0 Å². The van der Waals surface area contributed by atoms with Crippen LogP contribution in [0.4, 0.5) is 0 Å². The molecule has 1 aliphatic rings. The third-order valence-electron chi connectivity index (χ3n) is 4.10. The van der Waals surface area contributed by atoms with Crippen LogP contribution in [0.3, 0.4) is 0 Å². The lowest BCUT2D eigenvalue weighted by molar-refractivity contribution is -0.120. The summed E-state index contributed by atoms with van der Waals surface area (Å²) in [7, 11) is 0. The summed E-state index contributed by atoms with van der Waals surface area (Å²) in [6.45, 7) is 1.01. The molecule has 7 heteroatoms. The highest BCUT2D eigenvalue weighted by atomic mass is 79.9. The number of piperidine rings is 1. The van der Waals surface area contributed by atoms with Crippen LogP contribution >= 0.6 is 27.5 Å². The number of nitrogens with one attached hydrogen (secondary N) is 1. The molecule has 0 bridgehead atoms. The summed E-state index contributed by atoms with van der Waals surface area (Å²) in [4.78, 5) is 29.0. The zero-order valence-corrected chi connectivity index (χ0v) is 14.9. The Balaban J connectivity index is 1.80. The smallest absolute Gasteiger partial charge is 0.261 e. The van der Waals surface area contributed by atoms with Crippen LogP contribution in [0.25, 0.3) is 10.9 Å². The molecule has 1 N–H and O–H groups in total. The number of hydrogen-bond donors (Lipinski definition) is 1. The Morgan fingerprint density at radius 2 is 2.26 bits per heavy atom. The van der Waals surface area contributed by atoms with Gasteiger partial charge in [0.2, 0.25) is 0 Å². The van der Waals surface area contributed by atoms with Gasteiger partial charge in [0, 0.05) is 16.9 Å². The molecule has 0 aliphatic carbocycles. The Bertz CT molecular complexity index is 800. The van der Waals surface area contributed by atoms with Gasteiger partial charge in [0.1, 0.15) is 0 Å². The average molecular weight is 399 g/mol. The number of nitrogens with zero attached hydrogens (tertiary/aromatic N) is 2. The fraction of sp³-hybridized carbons (Fsp3) is 0.438. The molecule has 3 rings (SSSR count). The van der Waals surface area contributed by atoms with Gasteiger partial charge in [0.25, 0.3) is 5.56 Å². The number of benzene rings is 1. The number of carbonyl (C=O) groups excluding carboxylic acids is 1. The molecule has 0 spiro atoms. The van der Waals surface area contributed by atoms with Gasteiger partial charge in [-0.25, -0.2) is 4.98 Å². The summed E-state index contributed by atoms with van der Waals surface area (Å²) in [6.07, 6.45) is 5.20. The number of fused-ring (bicyclic) bond motifs is 1. The maximum Gasteiger partial charge on any atom is 0.261 e. The van der Waals surface area contributed by atoms with E-state index in [9.17, 15) is 9.59 Å². The van der Waals surface area contributed by atoms with E-state index in [0.29, 0.717) is 26.8 Å². The van der Waals surface area contributed by atoms with Crippen LogP contribution in [0, 0.1) is 0 Å². The second-order valence-corrected chi connectivity index (χ2v) is 7.11. The second-order valence-electron chi connectivity index (χ2n) is 5.85.